The lowest BCUT2D eigenvalue weighted by atomic mass is 9.89. The van der Waals surface area contributed by atoms with Crippen LogP contribution in [0.25, 0.3) is 10.4 Å². The average Bonchev–Trinajstić information content (AvgIpc) is 3.27. The van der Waals surface area contributed by atoms with Crippen LogP contribution in [0.3, 0.4) is 0 Å². The fourth-order valence-electron chi connectivity index (χ4n) is 4.38. The maximum absolute atomic E-state index is 13.5. The summed E-state index contributed by atoms with van der Waals surface area (Å²) in [6, 6.07) is 13.9. The number of hydrogen-bond donors (Lipinski definition) is 5. The Hall–Kier alpha value is -3.61. The van der Waals surface area contributed by atoms with Gasteiger partial charge in [-0.25, -0.2) is 9.59 Å². The first kappa shape index (κ1) is 28.4. The van der Waals surface area contributed by atoms with Gasteiger partial charge in [-0.2, -0.15) is 0 Å². The number of piperidine rings is 1. The molecule has 0 saturated carbocycles. The fourth-order valence-corrected chi connectivity index (χ4v) is 6.27. The van der Waals surface area contributed by atoms with Crippen LogP contribution in [0, 0.1) is 5.92 Å². The Labute approximate surface area is 237 Å². The van der Waals surface area contributed by atoms with Gasteiger partial charge in [0, 0.05) is 11.4 Å². The fraction of sp³-hybridized carbons (Fsp3) is 0.296. The van der Waals surface area contributed by atoms with E-state index in [0.29, 0.717) is 32.0 Å². The van der Waals surface area contributed by atoms with Gasteiger partial charge in [0.1, 0.15) is 11.8 Å². The van der Waals surface area contributed by atoms with Crippen molar-refractivity contribution in [2.45, 2.75) is 18.9 Å². The first-order chi connectivity index (χ1) is 18.8. The summed E-state index contributed by atoms with van der Waals surface area (Å²) in [7, 11) is 1.58. The molecule has 2 heterocycles. The SMILES string of the molecule is COc1ccc(NC(=O)C(Nc2cccc(-c3sc(C(=O)O)c(OCC(=O)O)c3Br)c2)C2CCNCC2)cc1. The lowest BCUT2D eigenvalue weighted by Gasteiger charge is -2.31. The Morgan fingerprint density at radius 2 is 1.82 bits per heavy atom. The zero-order chi connectivity index (χ0) is 27.9. The summed E-state index contributed by atoms with van der Waals surface area (Å²) >= 11 is 4.37. The van der Waals surface area contributed by atoms with Gasteiger partial charge in [0.05, 0.1) is 16.5 Å². The molecule has 3 aromatic rings. The number of carboxylic acid groups (broad SMARTS) is 2. The number of carbonyl (C=O) groups excluding carboxylic acids is 1. The van der Waals surface area contributed by atoms with Crippen molar-refractivity contribution >= 4 is 56.5 Å². The molecule has 206 valence electrons. The molecular weight excluding hydrogens is 590 g/mol. The molecule has 4 rings (SSSR count). The second-order valence-corrected chi connectivity index (χ2v) is 10.7. The Morgan fingerprint density at radius 3 is 2.46 bits per heavy atom. The molecule has 2 aromatic carbocycles. The first-order valence-electron chi connectivity index (χ1n) is 12.2. The number of carbonyl (C=O) groups is 3. The third-order valence-corrected chi connectivity index (χ3v) is 8.51. The van der Waals surface area contributed by atoms with Crippen LogP contribution in [0.4, 0.5) is 11.4 Å². The number of aliphatic carboxylic acids is 1. The van der Waals surface area contributed by atoms with Crippen LogP contribution in [0.1, 0.15) is 22.5 Å². The minimum absolute atomic E-state index is 0.0327. The van der Waals surface area contributed by atoms with Crippen LogP contribution in [0.5, 0.6) is 11.5 Å². The molecule has 0 radical (unpaired) electrons. The summed E-state index contributed by atoms with van der Waals surface area (Å²) < 4.78 is 10.8. The quantitative estimate of drug-likeness (QED) is 0.205. The minimum Gasteiger partial charge on any atom is -0.497 e. The summed E-state index contributed by atoms with van der Waals surface area (Å²) in [5.74, 6) is -1.84. The van der Waals surface area contributed by atoms with Crippen LogP contribution in [0.15, 0.2) is 53.0 Å². The molecular formula is C27H28BrN3O7S. The van der Waals surface area contributed by atoms with Gasteiger partial charge in [-0.15, -0.1) is 11.3 Å². The van der Waals surface area contributed by atoms with E-state index in [4.69, 9.17) is 14.6 Å². The molecule has 5 N–H and O–H groups in total. The molecule has 39 heavy (non-hydrogen) atoms. The van der Waals surface area contributed by atoms with E-state index in [0.717, 1.165) is 37.3 Å². The van der Waals surface area contributed by atoms with E-state index in [1.807, 2.05) is 24.3 Å². The Bertz CT molecular complexity index is 1340. The van der Waals surface area contributed by atoms with Crippen molar-refractivity contribution in [1.82, 2.24) is 5.32 Å². The third-order valence-electron chi connectivity index (χ3n) is 6.29. The highest BCUT2D eigenvalue weighted by Crippen LogP contribution is 2.46. The van der Waals surface area contributed by atoms with Crippen molar-refractivity contribution < 1.29 is 34.1 Å². The molecule has 0 aliphatic carbocycles. The normalized spacial score (nSPS) is 14.3. The molecule has 1 saturated heterocycles. The number of amides is 1. The molecule has 1 aliphatic rings. The lowest BCUT2D eigenvalue weighted by Crippen LogP contribution is -2.45. The zero-order valence-corrected chi connectivity index (χ0v) is 23.4. The summed E-state index contributed by atoms with van der Waals surface area (Å²) in [6.07, 6.45) is 1.66. The number of hydrogen-bond acceptors (Lipinski definition) is 8. The van der Waals surface area contributed by atoms with E-state index in [1.165, 1.54) is 0 Å². The van der Waals surface area contributed by atoms with Crippen LogP contribution < -0.4 is 25.4 Å². The van der Waals surface area contributed by atoms with Crippen LogP contribution in [-0.2, 0) is 9.59 Å². The number of rotatable bonds is 11. The molecule has 1 amide bonds. The molecule has 1 aliphatic heterocycles. The lowest BCUT2D eigenvalue weighted by molar-refractivity contribution is -0.139. The highest BCUT2D eigenvalue weighted by atomic mass is 79.9. The predicted molar refractivity (Wildman–Crippen MR) is 152 cm³/mol. The maximum Gasteiger partial charge on any atom is 0.349 e. The number of carboxylic acids is 2. The zero-order valence-electron chi connectivity index (χ0n) is 21.0. The number of halogens is 1. The van der Waals surface area contributed by atoms with Crippen molar-refractivity contribution in [1.29, 1.82) is 0 Å². The second-order valence-electron chi connectivity index (χ2n) is 8.90. The van der Waals surface area contributed by atoms with Crippen molar-refractivity contribution in [3.05, 3.63) is 57.9 Å². The number of benzene rings is 2. The highest BCUT2D eigenvalue weighted by Gasteiger charge is 2.30. The van der Waals surface area contributed by atoms with Gasteiger partial charge in [0.15, 0.2) is 17.2 Å². The molecule has 1 atom stereocenters. The summed E-state index contributed by atoms with van der Waals surface area (Å²) in [6.45, 7) is 0.966. The van der Waals surface area contributed by atoms with Crippen LogP contribution >= 0.6 is 27.3 Å². The van der Waals surface area contributed by atoms with Gasteiger partial charge in [-0.3, -0.25) is 4.79 Å². The molecule has 1 aromatic heterocycles. The Kier molecular flexibility index (Phi) is 9.44. The topological polar surface area (TPSA) is 146 Å². The van der Waals surface area contributed by atoms with Crippen LogP contribution in [-0.4, -0.2) is 60.9 Å². The largest absolute Gasteiger partial charge is 0.497 e. The Balaban J connectivity index is 1.60. The van der Waals surface area contributed by atoms with E-state index in [9.17, 15) is 19.5 Å². The van der Waals surface area contributed by atoms with Gasteiger partial charge in [-0.1, -0.05) is 12.1 Å². The summed E-state index contributed by atoms with van der Waals surface area (Å²) in [5, 5.41) is 28.3. The standard InChI is InChI=1S/C27H28BrN3O7S/c1-37-19-7-5-17(6-8-19)31-26(34)22(15-9-11-29-12-10-15)30-18-4-2-3-16(13-18)24-21(28)23(38-14-20(32)33)25(39-24)27(35)36/h2-8,13,15,22,29-30H,9-12,14H2,1H3,(H,31,34)(H,32,33)(H,35,36). The van der Waals surface area contributed by atoms with E-state index in [-0.39, 0.29) is 22.5 Å². The van der Waals surface area contributed by atoms with Crippen molar-refractivity contribution in [3.8, 4) is 21.9 Å². The number of thiophene rings is 1. The van der Waals surface area contributed by atoms with E-state index in [2.05, 4.69) is 31.9 Å². The van der Waals surface area contributed by atoms with Crippen LogP contribution in [0.2, 0.25) is 0 Å². The number of aromatic carboxylic acids is 1. The van der Waals surface area contributed by atoms with Gasteiger partial charge < -0.3 is 35.6 Å². The molecule has 10 nitrogen and oxygen atoms in total. The highest BCUT2D eigenvalue weighted by molar-refractivity contribution is 9.10. The first-order valence-corrected chi connectivity index (χ1v) is 13.8. The van der Waals surface area contributed by atoms with E-state index >= 15 is 0 Å². The van der Waals surface area contributed by atoms with Crippen molar-refractivity contribution in [3.63, 3.8) is 0 Å². The number of nitrogens with one attached hydrogen (secondary N) is 3. The molecule has 1 fully saturated rings. The number of anilines is 2. The maximum atomic E-state index is 13.5. The van der Waals surface area contributed by atoms with Crippen molar-refractivity contribution in [2.24, 2.45) is 5.92 Å². The summed E-state index contributed by atoms with van der Waals surface area (Å²) in [5.41, 5.74) is 2.03. The summed E-state index contributed by atoms with van der Waals surface area (Å²) in [4.78, 5) is 36.7. The number of methoxy groups -OCH3 is 1. The number of ether oxygens (including phenoxy) is 2. The third kappa shape index (κ3) is 7.08. The molecule has 0 bridgehead atoms. The van der Waals surface area contributed by atoms with Gasteiger partial charge in [0.25, 0.3) is 0 Å². The van der Waals surface area contributed by atoms with E-state index < -0.39 is 24.6 Å². The monoisotopic (exact) mass is 617 g/mol. The predicted octanol–water partition coefficient (Wildman–Crippen LogP) is 4.77. The van der Waals surface area contributed by atoms with Gasteiger partial charge >= 0.3 is 11.9 Å². The average molecular weight is 619 g/mol. The van der Waals surface area contributed by atoms with Crippen molar-refractivity contribution in [2.75, 3.05) is 37.4 Å². The molecule has 12 heteroatoms. The van der Waals surface area contributed by atoms with E-state index in [1.54, 1.807) is 31.4 Å². The second kappa shape index (κ2) is 13.0. The van der Waals surface area contributed by atoms with Gasteiger partial charge in [0.2, 0.25) is 5.91 Å². The smallest absolute Gasteiger partial charge is 0.349 e. The van der Waals surface area contributed by atoms with Gasteiger partial charge in [-0.05, 0) is 89.7 Å². The molecule has 0 spiro atoms. The molecule has 1 unspecified atom stereocenters. The Morgan fingerprint density at radius 1 is 1.10 bits per heavy atom. The minimum atomic E-state index is -1.22.